The van der Waals surface area contributed by atoms with E-state index in [1.165, 1.54) is 19.3 Å². The largest absolute Gasteiger partial charge is 0.348 e. The van der Waals surface area contributed by atoms with Crippen molar-refractivity contribution < 1.29 is 0 Å². The summed E-state index contributed by atoms with van der Waals surface area (Å²) < 4.78 is 0. The van der Waals surface area contributed by atoms with E-state index in [-0.39, 0.29) is 6.29 Å². The minimum absolute atomic E-state index is 0.151. The van der Waals surface area contributed by atoms with Crippen molar-refractivity contribution in [2.45, 2.75) is 32.5 Å². The van der Waals surface area contributed by atoms with E-state index in [1.807, 2.05) is 26.4 Å². The van der Waals surface area contributed by atoms with Crippen LogP contribution in [0.2, 0.25) is 0 Å². The maximum atomic E-state index is 4.47. The minimum Gasteiger partial charge on any atom is -0.348 e. The third-order valence-electron chi connectivity index (χ3n) is 2.65. The highest BCUT2D eigenvalue weighted by Crippen LogP contribution is 2.14. The zero-order valence-corrected chi connectivity index (χ0v) is 9.32. The van der Waals surface area contributed by atoms with Gasteiger partial charge in [0.15, 0.2) is 6.29 Å². The van der Waals surface area contributed by atoms with Gasteiger partial charge < -0.3 is 4.90 Å². The molecule has 0 saturated carbocycles. The van der Waals surface area contributed by atoms with Crippen LogP contribution in [0.3, 0.4) is 0 Å². The molecular weight excluding hydrogens is 174 g/mol. The van der Waals surface area contributed by atoms with Crippen LogP contribution in [-0.4, -0.2) is 42.4 Å². The topological polar surface area (TPSA) is 18.8 Å². The average molecular weight is 195 g/mol. The van der Waals surface area contributed by atoms with Crippen molar-refractivity contribution in [1.29, 1.82) is 0 Å². The van der Waals surface area contributed by atoms with Gasteiger partial charge in [-0.15, -0.1) is 0 Å². The first kappa shape index (κ1) is 11.2. The maximum Gasteiger partial charge on any atom is 0.177 e. The smallest absolute Gasteiger partial charge is 0.177 e. The molecule has 0 N–H and O–H groups in total. The molecule has 0 amide bonds. The van der Waals surface area contributed by atoms with Crippen LogP contribution in [0.5, 0.6) is 0 Å². The summed E-state index contributed by atoms with van der Waals surface area (Å²) in [6, 6.07) is 0. The Balaban J connectivity index is 2.59. The molecule has 3 heteroatoms. The quantitative estimate of drug-likeness (QED) is 0.638. The van der Waals surface area contributed by atoms with Gasteiger partial charge in [-0.1, -0.05) is 13.0 Å². The number of hydrogen-bond donors (Lipinski definition) is 0. The number of nitrogens with zero attached hydrogens (tertiary/aromatic N) is 3. The summed E-state index contributed by atoms with van der Waals surface area (Å²) in [5, 5.41) is 0. The fourth-order valence-electron chi connectivity index (χ4n) is 1.83. The van der Waals surface area contributed by atoms with Gasteiger partial charge in [-0.05, 0) is 32.2 Å². The molecule has 1 saturated heterocycles. The Bertz CT molecular complexity index is 195. The summed E-state index contributed by atoms with van der Waals surface area (Å²) in [7, 11) is 2.03. The summed E-state index contributed by atoms with van der Waals surface area (Å²) in [4.78, 5) is 8.94. The summed E-state index contributed by atoms with van der Waals surface area (Å²) in [6.45, 7) is 8.06. The van der Waals surface area contributed by atoms with Crippen LogP contribution in [0.4, 0.5) is 0 Å². The van der Waals surface area contributed by atoms with Crippen molar-refractivity contribution in [2.75, 3.05) is 20.1 Å². The Morgan fingerprint density at radius 1 is 1.36 bits per heavy atom. The zero-order chi connectivity index (χ0) is 10.4. The van der Waals surface area contributed by atoms with Gasteiger partial charge in [-0.2, -0.15) is 0 Å². The monoisotopic (exact) mass is 195 g/mol. The molecule has 14 heavy (non-hydrogen) atoms. The Hall–Kier alpha value is -0.830. The molecule has 1 rings (SSSR count). The molecule has 1 fully saturated rings. The normalized spacial score (nSPS) is 21.0. The first-order valence-corrected chi connectivity index (χ1v) is 5.36. The van der Waals surface area contributed by atoms with E-state index in [9.17, 15) is 0 Å². The lowest BCUT2D eigenvalue weighted by Crippen LogP contribution is -2.45. The fourth-order valence-corrected chi connectivity index (χ4v) is 1.83. The van der Waals surface area contributed by atoms with E-state index < -0.39 is 0 Å². The van der Waals surface area contributed by atoms with E-state index >= 15 is 0 Å². The van der Waals surface area contributed by atoms with E-state index in [2.05, 4.69) is 21.4 Å². The Morgan fingerprint density at radius 2 is 2.00 bits per heavy atom. The predicted molar refractivity (Wildman–Crippen MR) is 61.3 cm³/mol. The molecular formula is C11H21N3. The second-order valence-electron chi connectivity index (χ2n) is 3.70. The molecule has 1 unspecified atom stereocenters. The standard InChI is InChI=1S/C11H21N3/c1-4-12-11(13(3)5-2)14-9-7-6-8-10-14/h4-5,11H,2,6-10H2,1,3H3/b12-4-. The van der Waals surface area contributed by atoms with Gasteiger partial charge in [-0.25, -0.2) is 0 Å². The Labute approximate surface area is 87.1 Å². The molecule has 0 aromatic carbocycles. The lowest BCUT2D eigenvalue weighted by molar-refractivity contribution is 0.0812. The van der Waals surface area contributed by atoms with Crippen LogP contribution >= 0.6 is 0 Å². The van der Waals surface area contributed by atoms with Gasteiger partial charge in [0, 0.05) is 20.1 Å². The lowest BCUT2D eigenvalue weighted by atomic mass is 10.1. The number of likely N-dealkylation sites (tertiary alicyclic amines) is 1. The van der Waals surface area contributed by atoms with Crippen molar-refractivity contribution in [3.8, 4) is 0 Å². The molecule has 0 radical (unpaired) electrons. The van der Waals surface area contributed by atoms with Gasteiger partial charge in [0.05, 0.1) is 0 Å². The molecule has 3 nitrogen and oxygen atoms in total. The third kappa shape index (κ3) is 2.84. The minimum atomic E-state index is 0.151. The molecule has 1 aliphatic heterocycles. The van der Waals surface area contributed by atoms with Crippen molar-refractivity contribution >= 4 is 6.21 Å². The molecule has 0 bridgehead atoms. The molecule has 0 aromatic rings. The van der Waals surface area contributed by atoms with Gasteiger partial charge >= 0.3 is 0 Å². The number of piperidine rings is 1. The van der Waals surface area contributed by atoms with Gasteiger partial charge in [0.1, 0.15) is 0 Å². The van der Waals surface area contributed by atoms with E-state index in [0.29, 0.717) is 0 Å². The van der Waals surface area contributed by atoms with Gasteiger partial charge in [0.2, 0.25) is 0 Å². The van der Waals surface area contributed by atoms with Crippen LogP contribution < -0.4 is 0 Å². The molecule has 0 aliphatic carbocycles. The van der Waals surface area contributed by atoms with Gasteiger partial charge in [0.25, 0.3) is 0 Å². The number of aliphatic imine (C=N–C) groups is 1. The van der Waals surface area contributed by atoms with Gasteiger partial charge in [-0.3, -0.25) is 9.89 Å². The van der Waals surface area contributed by atoms with Crippen LogP contribution in [-0.2, 0) is 0 Å². The SMILES string of the molecule is C=CN(C)C(/N=C\C)N1CCCCC1. The summed E-state index contributed by atoms with van der Waals surface area (Å²) in [5.74, 6) is 0. The summed E-state index contributed by atoms with van der Waals surface area (Å²) in [6.07, 6.45) is 7.81. The number of rotatable bonds is 4. The second-order valence-corrected chi connectivity index (χ2v) is 3.70. The van der Waals surface area contributed by atoms with Crippen molar-refractivity contribution in [3.05, 3.63) is 12.8 Å². The molecule has 0 aromatic heterocycles. The van der Waals surface area contributed by atoms with Crippen LogP contribution in [0, 0.1) is 0 Å². The summed E-state index contributed by atoms with van der Waals surface area (Å²) >= 11 is 0. The highest BCUT2D eigenvalue weighted by Gasteiger charge is 2.20. The fraction of sp³-hybridized carbons (Fsp3) is 0.727. The third-order valence-corrected chi connectivity index (χ3v) is 2.65. The molecule has 80 valence electrons. The number of hydrogen-bond acceptors (Lipinski definition) is 3. The zero-order valence-electron chi connectivity index (χ0n) is 9.32. The highest BCUT2D eigenvalue weighted by molar-refractivity contribution is 5.53. The van der Waals surface area contributed by atoms with Crippen molar-refractivity contribution in [1.82, 2.24) is 9.80 Å². The second kappa shape index (κ2) is 5.81. The van der Waals surface area contributed by atoms with E-state index in [4.69, 9.17) is 0 Å². The van der Waals surface area contributed by atoms with Crippen molar-refractivity contribution in [3.63, 3.8) is 0 Å². The maximum absolute atomic E-state index is 4.47. The van der Waals surface area contributed by atoms with Crippen LogP contribution in [0.1, 0.15) is 26.2 Å². The predicted octanol–water partition coefficient (Wildman–Crippen LogP) is 1.92. The average Bonchev–Trinajstić information content (AvgIpc) is 2.26. The van der Waals surface area contributed by atoms with Crippen LogP contribution in [0.15, 0.2) is 17.8 Å². The van der Waals surface area contributed by atoms with Crippen LogP contribution in [0.25, 0.3) is 0 Å². The molecule has 0 spiro atoms. The van der Waals surface area contributed by atoms with Crippen molar-refractivity contribution in [2.24, 2.45) is 4.99 Å². The van der Waals surface area contributed by atoms with E-state index in [1.54, 1.807) is 0 Å². The Kier molecular flexibility index (Phi) is 4.66. The molecule has 1 aliphatic rings. The summed E-state index contributed by atoms with van der Waals surface area (Å²) in [5.41, 5.74) is 0. The molecule has 1 atom stereocenters. The van der Waals surface area contributed by atoms with E-state index in [0.717, 1.165) is 13.1 Å². The first-order valence-electron chi connectivity index (χ1n) is 5.36. The molecule has 1 heterocycles. The first-order chi connectivity index (χ1) is 6.79. The highest BCUT2D eigenvalue weighted by atomic mass is 15.4. The lowest BCUT2D eigenvalue weighted by Gasteiger charge is -2.36. The Morgan fingerprint density at radius 3 is 2.50 bits per heavy atom.